The van der Waals surface area contributed by atoms with Crippen molar-refractivity contribution in [1.29, 1.82) is 0 Å². The summed E-state index contributed by atoms with van der Waals surface area (Å²) in [5.41, 5.74) is 6.32. The number of carbonyl (C=O) groups is 1. The first-order chi connectivity index (χ1) is 12.2. The number of likely N-dealkylation sites (tertiary alicyclic amines) is 1. The second kappa shape index (κ2) is 8.84. The molecule has 1 atom stereocenters. The lowest BCUT2D eigenvalue weighted by Gasteiger charge is -2.36. The molecule has 0 radical (unpaired) electrons. The van der Waals surface area contributed by atoms with E-state index in [0.717, 1.165) is 45.3 Å². The Hall–Kier alpha value is -1.36. The Morgan fingerprint density at radius 1 is 1.24 bits per heavy atom. The van der Waals surface area contributed by atoms with Crippen molar-refractivity contribution < 1.29 is 4.79 Å². The molecule has 5 nitrogen and oxygen atoms in total. The predicted molar refractivity (Wildman–Crippen MR) is 100 cm³/mol. The lowest BCUT2D eigenvalue weighted by atomic mass is 9.83. The molecular weight excluding hydrogens is 312 g/mol. The third kappa shape index (κ3) is 4.43. The Morgan fingerprint density at radius 3 is 2.64 bits per heavy atom. The fourth-order valence-corrected chi connectivity index (χ4v) is 4.46. The lowest BCUT2D eigenvalue weighted by Crippen LogP contribution is -2.50. The molecule has 0 spiro atoms. The number of hydrogen-bond donors (Lipinski definition) is 1. The molecule has 25 heavy (non-hydrogen) atoms. The molecule has 0 bridgehead atoms. The molecular formula is C20H34N4O. The third-order valence-electron chi connectivity index (χ3n) is 6.11. The van der Waals surface area contributed by atoms with Gasteiger partial charge in [0, 0.05) is 37.9 Å². The summed E-state index contributed by atoms with van der Waals surface area (Å²) in [5.74, 6) is 2.26. The van der Waals surface area contributed by atoms with E-state index in [1.165, 1.54) is 37.9 Å². The zero-order valence-electron chi connectivity index (χ0n) is 15.7. The molecule has 1 aromatic rings. The molecule has 1 amide bonds. The molecule has 1 aliphatic carbocycles. The van der Waals surface area contributed by atoms with Crippen LogP contribution < -0.4 is 5.73 Å². The summed E-state index contributed by atoms with van der Waals surface area (Å²) >= 11 is 0. The van der Waals surface area contributed by atoms with Gasteiger partial charge in [-0.25, -0.2) is 4.98 Å². The van der Waals surface area contributed by atoms with Crippen molar-refractivity contribution in [2.45, 2.75) is 83.2 Å². The molecule has 2 aliphatic rings. The van der Waals surface area contributed by atoms with Crippen molar-refractivity contribution in [3.63, 3.8) is 0 Å². The number of carbonyl (C=O) groups excluding carboxylic acids is 1. The monoisotopic (exact) mass is 346 g/mol. The number of nitrogens with zero attached hydrogens (tertiary/aromatic N) is 3. The van der Waals surface area contributed by atoms with Gasteiger partial charge in [0.1, 0.15) is 5.82 Å². The van der Waals surface area contributed by atoms with E-state index in [0.29, 0.717) is 11.8 Å². The average molecular weight is 347 g/mol. The van der Waals surface area contributed by atoms with Crippen molar-refractivity contribution in [3.05, 3.63) is 18.2 Å². The van der Waals surface area contributed by atoms with Gasteiger partial charge in [0.2, 0.25) is 5.91 Å². The van der Waals surface area contributed by atoms with Crippen LogP contribution in [-0.4, -0.2) is 39.5 Å². The average Bonchev–Trinajstić information content (AvgIpc) is 3.14. The number of amides is 1. The summed E-state index contributed by atoms with van der Waals surface area (Å²) in [6.45, 7) is 4.92. The first-order valence-electron chi connectivity index (χ1n) is 10.3. The van der Waals surface area contributed by atoms with E-state index >= 15 is 0 Å². The van der Waals surface area contributed by atoms with Crippen LogP contribution in [0, 0.1) is 5.92 Å². The van der Waals surface area contributed by atoms with Crippen LogP contribution >= 0.6 is 0 Å². The van der Waals surface area contributed by atoms with Gasteiger partial charge in [-0.1, -0.05) is 32.6 Å². The Labute approximate surface area is 152 Å². The Kier molecular flexibility index (Phi) is 6.51. The topological polar surface area (TPSA) is 64.2 Å². The molecule has 0 aromatic carbocycles. The van der Waals surface area contributed by atoms with E-state index in [9.17, 15) is 4.79 Å². The zero-order valence-corrected chi connectivity index (χ0v) is 15.7. The largest absolute Gasteiger partial charge is 0.341 e. The van der Waals surface area contributed by atoms with E-state index in [1.54, 1.807) is 0 Å². The van der Waals surface area contributed by atoms with Gasteiger partial charge < -0.3 is 15.2 Å². The predicted octanol–water partition coefficient (Wildman–Crippen LogP) is 3.30. The molecule has 1 aliphatic heterocycles. The van der Waals surface area contributed by atoms with Gasteiger partial charge in [0.25, 0.3) is 0 Å². The van der Waals surface area contributed by atoms with Gasteiger partial charge in [-0.15, -0.1) is 0 Å². The molecule has 5 heteroatoms. The standard InChI is InChI=1S/C20H34N4O/c1-2-3-12-23-15-11-22-19(23)17-9-13-24(14-10-17)20(25)18(21)16-7-5-4-6-8-16/h11,15-18H,2-10,12-14,21H2,1H3/t18-/m0/s1. The van der Waals surface area contributed by atoms with E-state index in [4.69, 9.17) is 5.73 Å². The lowest BCUT2D eigenvalue weighted by molar-refractivity contribution is -0.135. The molecule has 1 saturated carbocycles. The van der Waals surface area contributed by atoms with Gasteiger partial charge >= 0.3 is 0 Å². The zero-order chi connectivity index (χ0) is 17.6. The highest BCUT2D eigenvalue weighted by Crippen LogP contribution is 2.30. The first-order valence-corrected chi connectivity index (χ1v) is 10.3. The SMILES string of the molecule is CCCCn1ccnc1C1CCN(C(=O)[C@@H](N)C2CCCCC2)CC1. The number of nitrogens with two attached hydrogens (primary N) is 1. The Morgan fingerprint density at radius 2 is 1.96 bits per heavy atom. The van der Waals surface area contributed by atoms with Crippen LogP contribution in [0.15, 0.2) is 12.4 Å². The maximum Gasteiger partial charge on any atom is 0.239 e. The second-order valence-electron chi connectivity index (χ2n) is 7.86. The van der Waals surface area contributed by atoms with Crippen molar-refractivity contribution in [3.8, 4) is 0 Å². The summed E-state index contributed by atoms with van der Waals surface area (Å²) in [4.78, 5) is 19.4. The maximum atomic E-state index is 12.8. The van der Waals surface area contributed by atoms with Crippen LogP contribution in [0.2, 0.25) is 0 Å². The molecule has 2 N–H and O–H groups in total. The normalized spacial score (nSPS) is 21.4. The van der Waals surface area contributed by atoms with Crippen LogP contribution in [0.4, 0.5) is 0 Å². The van der Waals surface area contributed by atoms with E-state index in [1.807, 2.05) is 11.1 Å². The maximum absolute atomic E-state index is 12.8. The number of imidazole rings is 1. The fraction of sp³-hybridized carbons (Fsp3) is 0.800. The summed E-state index contributed by atoms with van der Waals surface area (Å²) in [5, 5.41) is 0. The third-order valence-corrected chi connectivity index (χ3v) is 6.11. The molecule has 140 valence electrons. The summed E-state index contributed by atoms with van der Waals surface area (Å²) in [7, 11) is 0. The molecule has 0 unspecified atom stereocenters. The van der Waals surface area contributed by atoms with Crippen LogP contribution in [0.3, 0.4) is 0 Å². The number of unbranched alkanes of at least 4 members (excludes halogenated alkanes) is 1. The van der Waals surface area contributed by atoms with Crippen LogP contribution in [0.5, 0.6) is 0 Å². The number of aryl methyl sites for hydroxylation is 1. The van der Waals surface area contributed by atoms with Crippen molar-refractivity contribution in [2.75, 3.05) is 13.1 Å². The van der Waals surface area contributed by atoms with Gasteiger partial charge in [-0.05, 0) is 38.0 Å². The van der Waals surface area contributed by atoms with Crippen LogP contribution in [0.25, 0.3) is 0 Å². The van der Waals surface area contributed by atoms with E-state index < -0.39 is 0 Å². The van der Waals surface area contributed by atoms with Gasteiger partial charge in [0.15, 0.2) is 0 Å². The highest BCUT2D eigenvalue weighted by atomic mass is 16.2. The van der Waals surface area contributed by atoms with Gasteiger partial charge in [-0.2, -0.15) is 0 Å². The van der Waals surface area contributed by atoms with E-state index in [2.05, 4.69) is 22.7 Å². The highest BCUT2D eigenvalue weighted by molar-refractivity contribution is 5.82. The smallest absolute Gasteiger partial charge is 0.239 e. The van der Waals surface area contributed by atoms with Crippen molar-refractivity contribution in [2.24, 2.45) is 11.7 Å². The second-order valence-corrected chi connectivity index (χ2v) is 7.86. The number of piperidine rings is 1. The van der Waals surface area contributed by atoms with Gasteiger partial charge in [0.05, 0.1) is 6.04 Å². The Balaban J connectivity index is 1.53. The molecule has 1 aromatic heterocycles. The number of hydrogen-bond acceptors (Lipinski definition) is 3. The van der Waals surface area contributed by atoms with Crippen LogP contribution in [-0.2, 0) is 11.3 Å². The first kappa shape index (κ1) is 18.4. The van der Waals surface area contributed by atoms with Crippen molar-refractivity contribution in [1.82, 2.24) is 14.5 Å². The highest BCUT2D eigenvalue weighted by Gasteiger charge is 2.32. The summed E-state index contributed by atoms with van der Waals surface area (Å²) in [6.07, 6.45) is 14.4. The minimum atomic E-state index is -0.289. The fourth-order valence-electron chi connectivity index (χ4n) is 4.46. The van der Waals surface area contributed by atoms with Crippen LogP contribution in [0.1, 0.15) is 76.5 Å². The van der Waals surface area contributed by atoms with Gasteiger partial charge in [-0.3, -0.25) is 4.79 Å². The molecule has 3 rings (SSSR count). The van der Waals surface area contributed by atoms with Crippen molar-refractivity contribution >= 4 is 5.91 Å². The summed E-state index contributed by atoms with van der Waals surface area (Å²) in [6, 6.07) is -0.289. The minimum absolute atomic E-state index is 0.180. The number of aromatic nitrogens is 2. The number of rotatable bonds is 6. The van der Waals surface area contributed by atoms with E-state index in [-0.39, 0.29) is 11.9 Å². The minimum Gasteiger partial charge on any atom is -0.341 e. The molecule has 1 saturated heterocycles. The quantitative estimate of drug-likeness (QED) is 0.859. The Bertz CT molecular complexity index is 542. The molecule has 2 heterocycles. The molecule has 2 fully saturated rings. The summed E-state index contributed by atoms with van der Waals surface area (Å²) < 4.78 is 2.30.